The van der Waals surface area contributed by atoms with Gasteiger partial charge in [-0.2, -0.15) is 0 Å². The lowest BCUT2D eigenvalue weighted by Gasteiger charge is -2.32. The van der Waals surface area contributed by atoms with Crippen LogP contribution in [-0.2, 0) is 11.3 Å². The smallest absolute Gasteiger partial charge is 0.339 e. The van der Waals surface area contributed by atoms with E-state index < -0.39 is 0 Å². The van der Waals surface area contributed by atoms with E-state index in [2.05, 4.69) is 32.1 Å². The molecule has 1 saturated heterocycles. The number of carbonyl (C=O) groups is 1. The van der Waals surface area contributed by atoms with Gasteiger partial charge in [0.15, 0.2) is 0 Å². The Balaban J connectivity index is 1.81. The van der Waals surface area contributed by atoms with Gasteiger partial charge in [0.2, 0.25) is 0 Å². The number of esters is 1. The molecule has 0 radical (unpaired) electrons. The Bertz CT molecular complexity index is 413. The molecule has 1 aromatic rings. The maximum Gasteiger partial charge on any atom is 0.339 e. The summed E-state index contributed by atoms with van der Waals surface area (Å²) in [4.78, 5) is 17.8. The van der Waals surface area contributed by atoms with Crippen molar-refractivity contribution in [1.82, 2.24) is 20.3 Å². The first kappa shape index (κ1) is 13.9. The maximum absolute atomic E-state index is 11.3. The summed E-state index contributed by atoms with van der Waals surface area (Å²) in [7, 11) is 3.50. The number of ether oxygens (including phenoxy) is 1. The zero-order valence-corrected chi connectivity index (χ0v) is 11.4. The topological polar surface area (TPSA) is 57.7 Å². The van der Waals surface area contributed by atoms with Crippen LogP contribution in [-0.4, -0.2) is 61.2 Å². The third-order valence-corrected chi connectivity index (χ3v) is 3.23. The Hall–Kier alpha value is -1.50. The number of rotatable bonds is 4. The molecule has 2 rings (SSSR count). The number of hydrazine groups is 1. The molecule has 0 spiro atoms. The summed E-state index contributed by atoms with van der Waals surface area (Å²) in [5.41, 5.74) is 4.74. The zero-order chi connectivity index (χ0) is 13.7. The van der Waals surface area contributed by atoms with Crippen molar-refractivity contribution in [2.45, 2.75) is 6.54 Å². The van der Waals surface area contributed by atoms with Gasteiger partial charge in [-0.25, -0.2) is 15.2 Å². The highest BCUT2D eigenvalue weighted by Gasteiger charge is 2.13. The average molecular weight is 264 g/mol. The van der Waals surface area contributed by atoms with Gasteiger partial charge < -0.3 is 9.64 Å². The van der Waals surface area contributed by atoms with Gasteiger partial charge in [-0.15, -0.1) is 0 Å². The van der Waals surface area contributed by atoms with Crippen LogP contribution >= 0.6 is 0 Å². The number of likely N-dealkylation sites (N-methyl/N-ethyl adjacent to an activating group) is 1. The number of carbonyl (C=O) groups excluding carboxylic acids is 1. The predicted molar refractivity (Wildman–Crippen MR) is 71.5 cm³/mol. The van der Waals surface area contributed by atoms with Crippen molar-refractivity contribution in [2.24, 2.45) is 0 Å². The van der Waals surface area contributed by atoms with Crippen LogP contribution in [0.3, 0.4) is 0 Å². The molecule has 1 aliphatic heterocycles. The molecule has 1 fully saturated rings. The fourth-order valence-electron chi connectivity index (χ4n) is 1.93. The van der Waals surface area contributed by atoms with E-state index in [1.165, 1.54) is 7.11 Å². The number of piperazine rings is 1. The molecule has 0 aliphatic carbocycles. The molecule has 6 heteroatoms. The molecule has 0 bridgehead atoms. The predicted octanol–water partition coefficient (Wildman–Crippen LogP) is 0.120. The summed E-state index contributed by atoms with van der Waals surface area (Å²) < 4.78 is 4.63. The average Bonchev–Trinajstić information content (AvgIpc) is 2.46. The molecule has 2 heterocycles. The van der Waals surface area contributed by atoms with Crippen LogP contribution in [0.1, 0.15) is 16.1 Å². The van der Waals surface area contributed by atoms with Gasteiger partial charge in [-0.3, -0.25) is 4.98 Å². The monoisotopic (exact) mass is 264 g/mol. The van der Waals surface area contributed by atoms with Gasteiger partial charge in [0.25, 0.3) is 0 Å². The van der Waals surface area contributed by atoms with Gasteiger partial charge in [0, 0.05) is 32.4 Å². The second kappa shape index (κ2) is 6.60. The molecule has 1 aliphatic rings. The summed E-state index contributed by atoms with van der Waals surface area (Å²) in [6.45, 7) is 4.84. The summed E-state index contributed by atoms with van der Waals surface area (Å²) in [5.74, 6) is -0.355. The van der Waals surface area contributed by atoms with Gasteiger partial charge >= 0.3 is 5.97 Å². The molecule has 1 N–H and O–H groups in total. The van der Waals surface area contributed by atoms with Gasteiger partial charge in [0.05, 0.1) is 24.9 Å². The Morgan fingerprint density at radius 1 is 1.37 bits per heavy atom. The Morgan fingerprint density at radius 3 is 2.68 bits per heavy atom. The molecule has 0 atom stereocenters. The molecular weight excluding hydrogens is 244 g/mol. The number of hydrogen-bond acceptors (Lipinski definition) is 6. The van der Waals surface area contributed by atoms with Crippen molar-refractivity contribution in [3.05, 3.63) is 29.6 Å². The lowest BCUT2D eigenvalue weighted by atomic mass is 10.2. The number of methoxy groups -OCH3 is 1. The van der Waals surface area contributed by atoms with Gasteiger partial charge in [-0.05, 0) is 19.2 Å². The van der Waals surface area contributed by atoms with Crippen molar-refractivity contribution in [3.8, 4) is 0 Å². The minimum absolute atomic E-state index is 0.355. The van der Waals surface area contributed by atoms with Crippen LogP contribution in [0.2, 0.25) is 0 Å². The fourth-order valence-corrected chi connectivity index (χ4v) is 1.93. The molecule has 6 nitrogen and oxygen atoms in total. The van der Waals surface area contributed by atoms with Crippen molar-refractivity contribution in [3.63, 3.8) is 0 Å². The second-order valence-corrected chi connectivity index (χ2v) is 4.66. The summed E-state index contributed by atoms with van der Waals surface area (Å²) in [6.07, 6.45) is 1.55. The number of aromatic nitrogens is 1. The van der Waals surface area contributed by atoms with E-state index in [1.807, 2.05) is 6.07 Å². The minimum atomic E-state index is -0.355. The lowest BCUT2D eigenvalue weighted by Crippen LogP contribution is -2.50. The van der Waals surface area contributed by atoms with Crippen molar-refractivity contribution in [2.75, 3.05) is 40.3 Å². The summed E-state index contributed by atoms with van der Waals surface area (Å²) in [5, 5.41) is 2.20. The number of hydrogen-bond donors (Lipinski definition) is 1. The van der Waals surface area contributed by atoms with Crippen LogP contribution < -0.4 is 5.43 Å². The van der Waals surface area contributed by atoms with E-state index >= 15 is 0 Å². The maximum atomic E-state index is 11.3. The van der Waals surface area contributed by atoms with Crippen molar-refractivity contribution >= 4 is 5.97 Å². The standard InChI is InChI=1S/C13H20N4O2/c1-16-5-7-17(8-6-16)15-10-12-4-3-11(9-14-12)13(18)19-2/h3-4,9,15H,5-8,10H2,1-2H3. The van der Waals surface area contributed by atoms with E-state index in [0.29, 0.717) is 12.1 Å². The molecule has 104 valence electrons. The Kier molecular flexibility index (Phi) is 4.84. The van der Waals surface area contributed by atoms with E-state index in [0.717, 1.165) is 31.9 Å². The second-order valence-electron chi connectivity index (χ2n) is 4.66. The van der Waals surface area contributed by atoms with Crippen molar-refractivity contribution < 1.29 is 9.53 Å². The molecular formula is C13H20N4O2. The number of nitrogens with one attached hydrogen (secondary N) is 1. The molecule has 0 saturated carbocycles. The Labute approximate surface area is 113 Å². The summed E-state index contributed by atoms with van der Waals surface area (Å²) >= 11 is 0. The lowest BCUT2D eigenvalue weighted by molar-refractivity contribution is 0.0600. The van der Waals surface area contributed by atoms with Crippen LogP contribution in [0, 0.1) is 0 Å². The van der Waals surface area contributed by atoms with Crippen LogP contribution in [0.4, 0.5) is 0 Å². The first-order valence-corrected chi connectivity index (χ1v) is 6.39. The first-order chi connectivity index (χ1) is 9.19. The molecule has 1 aromatic heterocycles. The number of nitrogens with zero attached hydrogens (tertiary/aromatic N) is 3. The highest BCUT2D eigenvalue weighted by atomic mass is 16.5. The van der Waals surface area contributed by atoms with E-state index in [-0.39, 0.29) is 5.97 Å². The molecule has 0 aromatic carbocycles. The highest BCUT2D eigenvalue weighted by molar-refractivity contribution is 5.88. The molecule has 0 amide bonds. The van der Waals surface area contributed by atoms with E-state index in [9.17, 15) is 4.79 Å². The first-order valence-electron chi connectivity index (χ1n) is 6.39. The van der Waals surface area contributed by atoms with Crippen LogP contribution in [0.15, 0.2) is 18.3 Å². The Morgan fingerprint density at radius 2 is 2.11 bits per heavy atom. The van der Waals surface area contributed by atoms with E-state index in [4.69, 9.17) is 0 Å². The largest absolute Gasteiger partial charge is 0.465 e. The fraction of sp³-hybridized carbons (Fsp3) is 0.538. The highest BCUT2D eigenvalue weighted by Crippen LogP contribution is 2.03. The van der Waals surface area contributed by atoms with Gasteiger partial charge in [0.1, 0.15) is 0 Å². The SMILES string of the molecule is COC(=O)c1ccc(CNN2CCN(C)CC2)nc1. The molecule has 0 unspecified atom stereocenters. The summed E-state index contributed by atoms with van der Waals surface area (Å²) in [6, 6.07) is 3.58. The van der Waals surface area contributed by atoms with E-state index in [1.54, 1.807) is 12.3 Å². The quantitative estimate of drug-likeness (QED) is 0.780. The molecule has 19 heavy (non-hydrogen) atoms. The minimum Gasteiger partial charge on any atom is -0.465 e. The third-order valence-electron chi connectivity index (χ3n) is 3.23. The zero-order valence-electron chi connectivity index (χ0n) is 11.4. The van der Waals surface area contributed by atoms with Crippen LogP contribution in [0.5, 0.6) is 0 Å². The van der Waals surface area contributed by atoms with Crippen LogP contribution in [0.25, 0.3) is 0 Å². The normalized spacial score (nSPS) is 17.4. The number of pyridine rings is 1. The third kappa shape index (κ3) is 3.99. The van der Waals surface area contributed by atoms with Gasteiger partial charge in [-0.1, -0.05) is 0 Å². The van der Waals surface area contributed by atoms with Crippen molar-refractivity contribution in [1.29, 1.82) is 0 Å².